The molecule has 76 valence electrons. The second kappa shape index (κ2) is 3.59. The number of aliphatic hydroxyl groups excluding tert-OH is 1. The zero-order chi connectivity index (χ0) is 10.1. The lowest BCUT2D eigenvalue weighted by atomic mass is 9.91. The predicted molar refractivity (Wildman–Crippen MR) is 56.5 cm³/mol. The molecule has 0 saturated carbocycles. The first kappa shape index (κ1) is 9.49. The van der Waals surface area contributed by atoms with Gasteiger partial charge in [0, 0.05) is 19.5 Å². The lowest BCUT2D eigenvalue weighted by Gasteiger charge is -2.26. The summed E-state index contributed by atoms with van der Waals surface area (Å²) in [5.74, 6) is 0.453. The van der Waals surface area contributed by atoms with E-state index < -0.39 is 6.10 Å². The Morgan fingerprint density at radius 2 is 2.36 bits per heavy atom. The molecule has 0 saturated heterocycles. The fourth-order valence-electron chi connectivity index (χ4n) is 1.96. The van der Waals surface area contributed by atoms with Gasteiger partial charge in [-0.1, -0.05) is 24.3 Å². The highest BCUT2D eigenvalue weighted by molar-refractivity contribution is 5.35. The zero-order valence-electron chi connectivity index (χ0n) is 8.30. The lowest BCUT2D eigenvalue weighted by Crippen LogP contribution is -2.31. The molecule has 1 aliphatic carbocycles. The van der Waals surface area contributed by atoms with Crippen LogP contribution in [0.2, 0.25) is 0 Å². The van der Waals surface area contributed by atoms with Crippen LogP contribution < -0.4 is 5.73 Å². The third-order valence-corrected chi connectivity index (χ3v) is 2.89. The molecule has 0 spiro atoms. The molecule has 3 atom stereocenters. The normalized spacial score (nSPS) is 31.6. The number of hydrogen-bond acceptors (Lipinski definition) is 3. The second-order valence-corrected chi connectivity index (χ2v) is 3.85. The summed E-state index contributed by atoms with van der Waals surface area (Å²) in [6.07, 6.45) is 9.92. The summed E-state index contributed by atoms with van der Waals surface area (Å²) in [4.78, 5) is 2.15. The van der Waals surface area contributed by atoms with Crippen LogP contribution in [-0.2, 0) is 0 Å². The maximum Gasteiger partial charge on any atom is 0.0909 e. The highest BCUT2D eigenvalue weighted by Crippen LogP contribution is 2.28. The van der Waals surface area contributed by atoms with Gasteiger partial charge in [-0.2, -0.15) is 0 Å². The summed E-state index contributed by atoms with van der Waals surface area (Å²) in [7, 11) is 2.04. The van der Waals surface area contributed by atoms with Crippen LogP contribution >= 0.6 is 0 Å². The maximum absolute atomic E-state index is 9.61. The molecule has 1 aliphatic heterocycles. The molecule has 0 fully saturated rings. The van der Waals surface area contributed by atoms with E-state index in [1.807, 2.05) is 13.1 Å². The first-order chi connectivity index (χ1) is 6.72. The first-order valence-electron chi connectivity index (χ1n) is 4.90. The second-order valence-electron chi connectivity index (χ2n) is 3.85. The Morgan fingerprint density at radius 1 is 1.57 bits per heavy atom. The number of likely N-dealkylation sites (N-methyl/N-ethyl adjacent to an activating group) is 1. The van der Waals surface area contributed by atoms with Crippen molar-refractivity contribution in [3.8, 4) is 0 Å². The molecule has 0 amide bonds. The summed E-state index contributed by atoms with van der Waals surface area (Å²) in [5.41, 5.74) is 6.36. The van der Waals surface area contributed by atoms with E-state index in [1.54, 1.807) is 0 Å². The number of nitrogens with two attached hydrogens (primary N) is 1. The third kappa shape index (κ3) is 1.49. The van der Waals surface area contributed by atoms with Crippen LogP contribution in [0.15, 0.2) is 36.1 Å². The Bertz CT molecular complexity index is 306. The number of rotatable bonds is 2. The Hall–Kier alpha value is -1.06. The van der Waals surface area contributed by atoms with Crippen molar-refractivity contribution in [3.63, 3.8) is 0 Å². The molecule has 2 rings (SSSR count). The molecule has 0 aromatic heterocycles. The van der Waals surface area contributed by atoms with E-state index in [9.17, 15) is 5.11 Å². The van der Waals surface area contributed by atoms with E-state index in [0.717, 1.165) is 5.57 Å². The van der Waals surface area contributed by atoms with Gasteiger partial charge in [0.15, 0.2) is 0 Å². The molecule has 0 bridgehead atoms. The minimum atomic E-state index is -0.527. The van der Waals surface area contributed by atoms with Crippen LogP contribution in [0.1, 0.15) is 0 Å². The smallest absolute Gasteiger partial charge is 0.0909 e. The van der Waals surface area contributed by atoms with E-state index in [2.05, 4.69) is 29.3 Å². The molecule has 3 N–H and O–H groups in total. The summed E-state index contributed by atoms with van der Waals surface area (Å²) in [6.45, 7) is 0.282. The van der Waals surface area contributed by atoms with Crippen LogP contribution in [-0.4, -0.2) is 35.7 Å². The van der Waals surface area contributed by atoms with E-state index in [0.29, 0.717) is 12.0 Å². The topological polar surface area (TPSA) is 49.5 Å². The number of hydrogen-bond donors (Lipinski definition) is 2. The Labute approximate surface area is 84.2 Å². The SMILES string of the molecule is CN1C=CC2C=CC(C(O)CN)=CC21. The Kier molecular flexibility index (Phi) is 2.44. The molecule has 0 radical (unpaired) electrons. The molecule has 0 aromatic rings. The van der Waals surface area contributed by atoms with E-state index in [4.69, 9.17) is 5.73 Å². The van der Waals surface area contributed by atoms with Crippen molar-refractivity contribution in [2.45, 2.75) is 12.1 Å². The van der Waals surface area contributed by atoms with Gasteiger partial charge in [-0.25, -0.2) is 0 Å². The zero-order valence-corrected chi connectivity index (χ0v) is 8.30. The summed E-state index contributed by atoms with van der Waals surface area (Å²) in [5, 5.41) is 9.61. The van der Waals surface area contributed by atoms with Crippen molar-refractivity contribution in [1.82, 2.24) is 4.90 Å². The molecule has 3 heteroatoms. The van der Waals surface area contributed by atoms with Gasteiger partial charge in [0.25, 0.3) is 0 Å². The molecule has 1 heterocycles. The highest BCUT2D eigenvalue weighted by Gasteiger charge is 2.26. The Balaban J connectivity index is 2.17. The molecule has 3 unspecified atom stereocenters. The van der Waals surface area contributed by atoms with Crippen molar-refractivity contribution in [1.29, 1.82) is 0 Å². The van der Waals surface area contributed by atoms with Crippen LogP contribution in [0.4, 0.5) is 0 Å². The molecular formula is C11H16N2O. The van der Waals surface area contributed by atoms with E-state index in [1.165, 1.54) is 0 Å². The molecule has 14 heavy (non-hydrogen) atoms. The quantitative estimate of drug-likeness (QED) is 0.659. The summed E-state index contributed by atoms with van der Waals surface area (Å²) < 4.78 is 0. The average molecular weight is 192 g/mol. The number of fused-ring (bicyclic) bond motifs is 1. The van der Waals surface area contributed by atoms with Crippen LogP contribution in [0, 0.1) is 5.92 Å². The predicted octanol–water partition coefficient (Wildman–Crippen LogP) is 0.246. The molecule has 2 aliphatic rings. The van der Waals surface area contributed by atoms with Gasteiger partial charge < -0.3 is 15.7 Å². The highest BCUT2D eigenvalue weighted by atomic mass is 16.3. The van der Waals surface area contributed by atoms with Gasteiger partial charge in [0.1, 0.15) is 0 Å². The lowest BCUT2D eigenvalue weighted by molar-refractivity contribution is 0.220. The number of nitrogens with zero attached hydrogens (tertiary/aromatic N) is 1. The van der Waals surface area contributed by atoms with Gasteiger partial charge >= 0.3 is 0 Å². The van der Waals surface area contributed by atoms with Gasteiger partial charge in [0.05, 0.1) is 12.1 Å². The summed E-state index contributed by atoms with van der Waals surface area (Å²) in [6, 6.07) is 0.358. The average Bonchev–Trinajstić information content (AvgIpc) is 2.59. The van der Waals surface area contributed by atoms with E-state index >= 15 is 0 Å². The van der Waals surface area contributed by atoms with Gasteiger partial charge in [-0.05, 0) is 11.8 Å². The number of aliphatic hydroxyl groups is 1. The van der Waals surface area contributed by atoms with Crippen molar-refractivity contribution in [2.24, 2.45) is 11.7 Å². The van der Waals surface area contributed by atoms with Gasteiger partial charge in [-0.15, -0.1) is 0 Å². The van der Waals surface area contributed by atoms with Crippen LogP contribution in [0.25, 0.3) is 0 Å². The van der Waals surface area contributed by atoms with Crippen LogP contribution in [0.3, 0.4) is 0 Å². The van der Waals surface area contributed by atoms with Crippen molar-refractivity contribution >= 4 is 0 Å². The molecule has 3 nitrogen and oxygen atoms in total. The van der Waals surface area contributed by atoms with E-state index in [-0.39, 0.29) is 6.54 Å². The van der Waals surface area contributed by atoms with Crippen molar-refractivity contribution in [2.75, 3.05) is 13.6 Å². The Morgan fingerprint density at radius 3 is 3.07 bits per heavy atom. The summed E-state index contributed by atoms with van der Waals surface area (Å²) >= 11 is 0. The standard InChI is InChI=1S/C11H16N2O/c1-13-5-4-8-2-3-9(6-10(8)13)11(14)7-12/h2-6,8,10-11,14H,7,12H2,1H3. The van der Waals surface area contributed by atoms with Gasteiger partial charge in [-0.3, -0.25) is 0 Å². The molecular weight excluding hydrogens is 176 g/mol. The maximum atomic E-state index is 9.61. The molecule has 0 aromatic carbocycles. The monoisotopic (exact) mass is 192 g/mol. The fraction of sp³-hybridized carbons (Fsp3) is 0.455. The third-order valence-electron chi connectivity index (χ3n) is 2.89. The fourth-order valence-corrected chi connectivity index (χ4v) is 1.96. The van der Waals surface area contributed by atoms with Crippen molar-refractivity contribution in [3.05, 3.63) is 36.1 Å². The largest absolute Gasteiger partial charge is 0.387 e. The minimum absolute atomic E-state index is 0.282. The van der Waals surface area contributed by atoms with Crippen molar-refractivity contribution < 1.29 is 5.11 Å². The minimum Gasteiger partial charge on any atom is -0.387 e. The van der Waals surface area contributed by atoms with Gasteiger partial charge in [0.2, 0.25) is 0 Å². The first-order valence-corrected chi connectivity index (χ1v) is 4.90. The van der Waals surface area contributed by atoms with Crippen LogP contribution in [0.5, 0.6) is 0 Å².